The summed E-state index contributed by atoms with van der Waals surface area (Å²) in [5.74, 6) is -3.11. The summed E-state index contributed by atoms with van der Waals surface area (Å²) in [7, 11) is -4.13. The number of rotatable bonds is 5. The van der Waals surface area contributed by atoms with E-state index in [1.54, 1.807) is 0 Å². The highest BCUT2D eigenvalue weighted by Crippen LogP contribution is 2.45. The largest absolute Gasteiger partial charge is 0.481 e. The standard InChI is InChI=1S/C11H11F2NO4S/c12-7-3-8(13)5-9(4-7)19(17,18)14-6-11(1-2-11)10(15)16/h3-5,14H,1-2,6H2,(H,15,16). The molecule has 0 amide bonds. The van der Waals surface area contributed by atoms with E-state index in [0.717, 1.165) is 0 Å². The summed E-state index contributed by atoms with van der Waals surface area (Å²) in [6, 6.07) is 1.90. The molecule has 1 fully saturated rings. The minimum atomic E-state index is -4.13. The van der Waals surface area contributed by atoms with Crippen LogP contribution in [0.4, 0.5) is 8.78 Å². The quantitative estimate of drug-likeness (QED) is 0.851. The molecule has 0 aromatic heterocycles. The minimum Gasteiger partial charge on any atom is -0.481 e. The van der Waals surface area contributed by atoms with Crippen molar-refractivity contribution in [3.63, 3.8) is 0 Å². The molecule has 0 bridgehead atoms. The Hall–Kier alpha value is -1.54. The summed E-state index contributed by atoms with van der Waals surface area (Å²) in [6.07, 6.45) is 0.755. The molecule has 19 heavy (non-hydrogen) atoms. The lowest BCUT2D eigenvalue weighted by atomic mass is 10.1. The third-order valence-electron chi connectivity index (χ3n) is 3.05. The van der Waals surface area contributed by atoms with E-state index in [4.69, 9.17) is 5.11 Å². The number of nitrogens with one attached hydrogen (secondary N) is 1. The Balaban J connectivity index is 2.17. The zero-order valence-corrected chi connectivity index (χ0v) is 10.5. The molecule has 0 saturated heterocycles. The van der Waals surface area contributed by atoms with Crippen molar-refractivity contribution in [3.05, 3.63) is 29.8 Å². The number of carboxylic acid groups (broad SMARTS) is 1. The van der Waals surface area contributed by atoms with E-state index >= 15 is 0 Å². The molecular formula is C11H11F2NO4S. The molecule has 0 atom stereocenters. The molecule has 1 aromatic rings. The van der Waals surface area contributed by atoms with Crippen molar-refractivity contribution < 1.29 is 27.1 Å². The predicted molar refractivity (Wildman–Crippen MR) is 60.8 cm³/mol. The van der Waals surface area contributed by atoms with Gasteiger partial charge in [0.15, 0.2) is 0 Å². The van der Waals surface area contributed by atoms with Crippen molar-refractivity contribution in [1.29, 1.82) is 0 Å². The van der Waals surface area contributed by atoms with Gasteiger partial charge in [0.05, 0.1) is 10.3 Å². The molecule has 8 heteroatoms. The first kappa shape index (κ1) is 13.9. The van der Waals surface area contributed by atoms with Crippen LogP contribution >= 0.6 is 0 Å². The third-order valence-corrected chi connectivity index (χ3v) is 4.43. The van der Waals surface area contributed by atoms with Gasteiger partial charge in [-0.05, 0) is 25.0 Å². The number of halogens is 2. The summed E-state index contributed by atoms with van der Waals surface area (Å²) in [4.78, 5) is 10.3. The first-order valence-electron chi connectivity index (χ1n) is 5.44. The second-order valence-electron chi connectivity index (χ2n) is 4.52. The van der Waals surface area contributed by atoms with Crippen LogP contribution in [-0.2, 0) is 14.8 Å². The molecule has 0 radical (unpaired) electrons. The lowest BCUT2D eigenvalue weighted by Crippen LogP contribution is -2.34. The van der Waals surface area contributed by atoms with Gasteiger partial charge in [-0.15, -0.1) is 0 Å². The van der Waals surface area contributed by atoms with E-state index in [1.165, 1.54) is 0 Å². The van der Waals surface area contributed by atoms with E-state index < -0.39 is 37.9 Å². The number of carboxylic acids is 1. The normalized spacial score (nSPS) is 17.2. The topological polar surface area (TPSA) is 83.5 Å². The van der Waals surface area contributed by atoms with E-state index in [0.29, 0.717) is 31.0 Å². The number of hydrogen-bond donors (Lipinski definition) is 2. The molecule has 1 saturated carbocycles. The Morgan fingerprint density at radius 2 is 1.79 bits per heavy atom. The highest BCUT2D eigenvalue weighted by atomic mass is 32.2. The third kappa shape index (κ3) is 2.90. The van der Waals surface area contributed by atoms with Crippen LogP contribution in [0.1, 0.15) is 12.8 Å². The molecule has 104 valence electrons. The lowest BCUT2D eigenvalue weighted by Gasteiger charge is -2.11. The first-order chi connectivity index (χ1) is 8.75. The van der Waals surface area contributed by atoms with Crippen LogP contribution in [0.2, 0.25) is 0 Å². The smallest absolute Gasteiger partial charge is 0.310 e. The molecule has 2 N–H and O–H groups in total. The molecule has 2 rings (SSSR count). The summed E-state index contributed by atoms with van der Waals surface area (Å²) < 4.78 is 51.6. The van der Waals surface area contributed by atoms with Crippen LogP contribution in [0, 0.1) is 17.0 Å². The van der Waals surface area contributed by atoms with Gasteiger partial charge in [-0.25, -0.2) is 21.9 Å². The molecule has 0 spiro atoms. The Labute approximate surface area is 108 Å². The van der Waals surface area contributed by atoms with Gasteiger partial charge in [-0.1, -0.05) is 0 Å². The monoisotopic (exact) mass is 291 g/mol. The first-order valence-corrected chi connectivity index (χ1v) is 6.93. The summed E-state index contributed by atoms with van der Waals surface area (Å²) in [5, 5.41) is 8.90. The van der Waals surface area contributed by atoms with E-state index in [2.05, 4.69) is 4.72 Å². The Morgan fingerprint density at radius 3 is 2.21 bits per heavy atom. The molecule has 0 aliphatic heterocycles. The van der Waals surface area contributed by atoms with Gasteiger partial charge in [0.25, 0.3) is 0 Å². The van der Waals surface area contributed by atoms with Crippen molar-refractivity contribution >= 4 is 16.0 Å². The maximum absolute atomic E-state index is 12.9. The van der Waals surface area contributed by atoms with Crippen molar-refractivity contribution in [2.75, 3.05) is 6.54 Å². The molecule has 5 nitrogen and oxygen atoms in total. The predicted octanol–water partition coefficient (Wildman–Crippen LogP) is 1.11. The summed E-state index contributed by atoms with van der Waals surface area (Å²) in [5.41, 5.74) is -1.08. The van der Waals surface area contributed by atoms with Gasteiger partial charge in [0.2, 0.25) is 10.0 Å². The van der Waals surface area contributed by atoms with Gasteiger partial charge in [-0.3, -0.25) is 4.79 Å². The van der Waals surface area contributed by atoms with Gasteiger partial charge < -0.3 is 5.11 Å². The van der Waals surface area contributed by atoms with Gasteiger partial charge in [-0.2, -0.15) is 0 Å². The van der Waals surface area contributed by atoms with Gasteiger partial charge in [0.1, 0.15) is 11.6 Å². The Morgan fingerprint density at radius 1 is 1.26 bits per heavy atom. The molecule has 1 aliphatic rings. The average Bonchev–Trinajstić information content (AvgIpc) is 3.06. The Kier molecular flexibility index (Phi) is 3.31. The van der Waals surface area contributed by atoms with E-state index in [-0.39, 0.29) is 6.54 Å². The van der Waals surface area contributed by atoms with Crippen molar-refractivity contribution in [2.45, 2.75) is 17.7 Å². The molecule has 1 aliphatic carbocycles. The van der Waals surface area contributed by atoms with Crippen molar-refractivity contribution in [2.24, 2.45) is 5.41 Å². The number of hydrogen-bond acceptors (Lipinski definition) is 3. The number of sulfonamides is 1. The maximum Gasteiger partial charge on any atom is 0.310 e. The van der Waals surface area contributed by atoms with Crippen LogP contribution in [-0.4, -0.2) is 26.0 Å². The molecule has 1 aromatic carbocycles. The average molecular weight is 291 g/mol. The SMILES string of the molecule is O=C(O)C1(CNS(=O)(=O)c2cc(F)cc(F)c2)CC1. The zero-order chi connectivity index (χ0) is 14.3. The van der Waals surface area contributed by atoms with Crippen molar-refractivity contribution in [1.82, 2.24) is 4.72 Å². The molecule has 0 unspecified atom stereocenters. The fraction of sp³-hybridized carbons (Fsp3) is 0.364. The molecular weight excluding hydrogens is 280 g/mol. The number of benzene rings is 1. The highest BCUT2D eigenvalue weighted by Gasteiger charge is 2.50. The van der Waals surface area contributed by atoms with Crippen molar-refractivity contribution in [3.8, 4) is 0 Å². The Bertz CT molecular complexity index is 605. The zero-order valence-electron chi connectivity index (χ0n) is 9.69. The second kappa shape index (κ2) is 4.53. The number of carbonyl (C=O) groups is 1. The lowest BCUT2D eigenvalue weighted by molar-refractivity contribution is -0.143. The molecule has 0 heterocycles. The van der Waals surface area contributed by atoms with Crippen LogP contribution in [0.5, 0.6) is 0 Å². The van der Waals surface area contributed by atoms with Crippen LogP contribution in [0.15, 0.2) is 23.1 Å². The van der Waals surface area contributed by atoms with Crippen LogP contribution in [0.25, 0.3) is 0 Å². The summed E-state index contributed by atoms with van der Waals surface area (Å²) in [6.45, 7) is -0.289. The number of aliphatic carboxylic acids is 1. The van der Waals surface area contributed by atoms with Gasteiger partial charge >= 0.3 is 5.97 Å². The highest BCUT2D eigenvalue weighted by molar-refractivity contribution is 7.89. The second-order valence-corrected chi connectivity index (χ2v) is 6.28. The van der Waals surface area contributed by atoms with E-state index in [1.807, 2.05) is 0 Å². The fourth-order valence-corrected chi connectivity index (χ4v) is 2.79. The van der Waals surface area contributed by atoms with Crippen LogP contribution < -0.4 is 4.72 Å². The van der Waals surface area contributed by atoms with Gasteiger partial charge in [0, 0.05) is 12.6 Å². The van der Waals surface area contributed by atoms with E-state index in [9.17, 15) is 22.0 Å². The fourth-order valence-electron chi connectivity index (χ4n) is 1.62. The maximum atomic E-state index is 12.9. The summed E-state index contributed by atoms with van der Waals surface area (Å²) >= 11 is 0. The minimum absolute atomic E-state index is 0.289. The van der Waals surface area contributed by atoms with Crippen LogP contribution in [0.3, 0.4) is 0 Å².